The Morgan fingerprint density at radius 3 is 2.31 bits per heavy atom. The fraction of sp³-hybridized carbons (Fsp3) is 1.00. The predicted octanol–water partition coefficient (Wildman–Crippen LogP) is 5.52. The van der Waals surface area contributed by atoms with Gasteiger partial charge in [0.05, 0.1) is 0 Å². The maximum Gasteiger partial charge on any atom is -0.0326 e. The molecule has 0 aromatic rings. The maximum absolute atomic E-state index is 2.50. The number of hydrogen-bond donors (Lipinski definition) is 0. The first-order chi connectivity index (χ1) is 7.77. The Kier molecular flexibility index (Phi) is 5.86. The van der Waals surface area contributed by atoms with Crippen LogP contribution in [0.5, 0.6) is 0 Å². The van der Waals surface area contributed by atoms with E-state index in [1.54, 1.807) is 19.3 Å². The molecule has 2 fully saturated rings. The molecule has 0 spiro atoms. The largest absolute Gasteiger partial charge is 0.0683 e. The van der Waals surface area contributed by atoms with Crippen molar-refractivity contribution in [2.45, 2.75) is 73.1 Å². The van der Waals surface area contributed by atoms with Crippen LogP contribution < -0.4 is 0 Å². The Labute approximate surface area is 103 Å². The number of fused-ring (bicyclic) bond motifs is 1. The van der Waals surface area contributed by atoms with E-state index in [1.165, 1.54) is 19.3 Å². The quantitative estimate of drug-likeness (QED) is 0.592. The molecule has 0 aromatic heterocycles. The smallest absolute Gasteiger partial charge is 0.0326 e. The summed E-state index contributed by atoms with van der Waals surface area (Å²) < 4.78 is 0. The van der Waals surface area contributed by atoms with Gasteiger partial charge in [0.25, 0.3) is 0 Å². The molecule has 2 aliphatic carbocycles. The van der Waals surface area contributed by atoms with E-state index in [4.69, 9.17) is 0 Å². The first kappa shape index (κ1) is 14.1. The van der Waals surface area contributed by atoms with E-state index in [0.29, 0.717) is 0 Å². The molecule has 2 rings (SSSR count). The average molecular weight is 224 g/mol. The Morgan fingerprint density at radius 1 is 1.06 bits per heavy atom. The minimum absolute atomic E-state index is 1.02. The van der Waals surface area contributed by atoms with Gasteiger partial charge in [-0.25, -0.2) is 0 Å². The highest BCUT2D eigenvalue weighted by Gasteiger charge is 2.46. The van der Waals surface area contributed by atoms with Crippen LogP contribution in [0, 0.1) is 29.6 Å². The van der Waals surface area contributed by atoms with Crippen molar-refractivity contribution in [1.29, 1.82) is 0 Å². The minimum atomic E-state index is 1.02. The fourth-order valence-electron chi connectivity index (χ4n) is 4.59. The average Bonchev–Trinajstić information content (AvgIpc) is 2.81. The summed E-state index contributed by atoms with van der Waals surface area (Å²) in [6.07, 6.45) is 8.98. The first-order valence-electron chi connectivity index (χ1n) is 7.77. The molecular weight excluding hydrogens is 192 g/mol. The molecule has 0 bridgehead atoms. The van der Waals surface area contributed by atoms with Gasteiger partial charge in [-0.1, -0.05) is 53.9 Å². The van der Waals surface area contributed by atoms with Crippen molar-refractivity contribution in [1.82, 2.24) is 0 Å². The zero-order valence-corrected chi connectivity index (χ0v) is 12.1. The molecule has 0 amide bonds. The second-order valence-corrected chi connectivity index (χ2v) is 5.75. The third kappa shape index (κ3) is 2.63. The van der Waals surface area contributed by atoms with E-state index < -0.39 is 0 Å². The summed E-state index contributed by atoms with van der Waals surface area (Å²) in [6, 6.07) is 0. The van der Waals surface area contributed by atoms with Crippen LogP contribution in [-0.2, 0) is 0 Å². The van der Waals surface area contributed by atoms with E-state index in [2.05, 4.69) is 20.8 Å². The summed E-state index contributed by atoms with van der Waals surface area (Å²) in [4.78, 5) is 0. The van der Waals surface area contributed by atoms with Crippen LogP contribution in [0.4, 0.5) is 0 Å². The van der Waals surface area contributed by atoms with Gasteiger partial charge < -0.3 is 0 Å². The third-order valence-corrected chi connectivity index (χ3v) is 5.03. The molecule has 0 heteroatoms. The van der Waals surface area contributed by atoms with Gasteiger partial charge in [0.2, 0.25) is 0 Å². The highest BCUT2D eigenvalue weighted by molar-refractivity contribution is 4.96. The molecule has 0 heterocycles. The summed E-state index contributed by atoms with van der Waals surface area (Å²) in [7, 11) is 0. The fourth-order valence-corrected chi connectivity index (χ4v) is 4.59. The lowest BCUT2D eigenvalue weighted by Crippen LogP contribution is -2.19. The summed E-state index contributed by atoms with van der Waals surface area (Å²) in [6.45, 7) is 11.3. The van der Waals surface area contributed by atoms with E-state index in [0.717, 1.165) is 29.6 Å². The third-order valence-electron chi connectivity index (χ3n) is 5.03. The first-order valence-corrected chi connectivity index (χ1v) is 7.77. The van der Waals surface area contributed by atoms with Crippen molar-refractivity contribution >= 4 is 0 Å². The van der Waals surface area contributed by atoms with Crippen molar-refractivity contribution in [3.63, 3.8) is 0 Å². The highest BCUT2D eigenvalue weighted by Crippen LogP contribution is 2.55. The van der Waals surface area contributed by atoms with Gasteiger partial charge in [0.1, 0.15) is 0 Å². The van der Waals surface area contributed by atoms with Crippen LogP contribution in [-0.4, -0.2) is 0 Å². The summed E-state index contributed by atoms with van der Waals surface area (Å²) in [5, 5.41) is 0. The van der Waals surface area contributed by atoms with Gasteiger partial charge in [-0.05, 0) is 48.9 Å². The maximum atomic E-state index is 2.50. The van der Waals surface area contributed by atoms with Crippen LogP contribution >= 0.6 is 0 Å². The molecule has 2 aliphatic rings. The number of rotatable bonds is 3. The minimum Gasteiger partial charge on any atom is -0.0683 e. The number of hydrogen-bond acceptors (Lipinski definition) is 0. The molecule has 0 N–H and O–H groups in total. The monoisotopic (exact) mass is 224 g/mol. The molecule has 0 nitrogen and oxygen atoms in total. The summed E-state index contributed by atoms with van der Waals surface area (Å²) >= 11 is 0. The van der Waals surface area contributed by atoms with E-state index >= 15 is 0 Å². The molecule has 0 aromatic carbocycles. The molecule has 0 radical (unpaired) electrons. The molecule has 96 valence electrons. The lowest BCUT2D eigenvalue weighted by Gasteiger charge is -2.26. The lowest BCUT2D eigenvalue weighted by atomic mass is 9.79. The second-order valence-electron chi connectivity index (χ2n) is 5.75. The van der Waals surface area contributed by atoms with Crippen molar-refractivity contribution in [3.8, 4) is 0 Å². The van der Waals surface area contributed by atoms with Crippen molar-refractivity contribution in [3.05, 3.63) is 0 Å². The summed E-state index contributed by atoms with van der Waals surface area (Å²) in [5.41, 5.74) is 0. The van der Waals surface area contributed by atoms with Gasteiger partial charge in [0.15, 0.2) is 0 Å². The van der Waals surface area contributed by atoms with Crippen molar-refractivity contribution in [2.24, 2.45) is 29.6 Å². The van der Waals surface area contributed by atoms with Crippen LogP contribution in [0.3, 0.4) is 0 Å². The lowest BCUT2D eigenvalue weighted by molar-refractivity contribution is 0.226. The van der Waals surface area contributed by atoms with E-state index in [9.17, 15) is 0 Å². The topological polar surface area (TPSA) is 0 Å². The van der Waals surface area contributed by atoms with Gasteiger partial charge in [-0.3, -0.25) is 0 Å². The van der Waals surface area contributed by atoms with E-state index in [-0.39, 0.29) is 0 Å². The Balaban J connectivity index is 0.000000606. The molecule has 0 saturated heterocycles. The molecule has 0 aliphatic heterocycles. The van der Waals surface area contributed by atoms with Crippen LogP contribution in [0.15, 0.2) is 0 Å². The predicted molar refractivity (Wildman–Crippen MR) is 73.5 cm³/mol. The normalized spacial score (nSPS) is 41.4. The van der Waals surface area contributed by atoms with Crippen LogP contribution in [0.2, 0.25) is 0 Å². The molecule has 16 heavy (non-hydrogen) atoms. The zero-order chi connectivity index (χ0) is 12.1. The molecular formula is C16H32. The van der Waals surface area contributed by atoms with Crippen molar-refractivity contribution in [2.75, 3.05) is 0 Å². The SMILES string of the molecule is CC.CCCC1CCC2CC(C)C(CC)C12. The Morgan fingerprint density at radius 2 is 1.75 bits per heavy atom. The molecule has 5 atom stereocenters. The van der Waals surface area contributed by atoms with Gasteiger partial charge in [-0.15, -0.1) is 0 Å². The molecule has 5 unspecified atom stereocenters. The van der Waals surface area contributed by atoms with E-state index in [1.807, 2.05) is 13.8 Å². The van der Waals surface area contributed by atoms with Crippen molar-refractivity contribution < 1.29 is 0 Å². The highest BCUT2D eigenvalue weighted by atomic mass is 14.5. The zero-order valence-electron chi connectivity index (χ0n) is 12.1. The standard InChI is InChI=1S/C14H26.C2H6/c1-4-6-11-7-8-12-9-10(3)13(5-2)14(11)12;1-2/h10-14H,4-9H2,1-3H3;1-2H3. The van der Waals surface area contributed by atoms with Gasteiger partial charge >= 0.3 is 0 Å². The van der Waals surface area contributed by atoms with Gasteiger partial charge in [-0.2, -0.15) is 0 Å². The Hall–Kier alpha value is 0. The summed E-state index contributed by atoms with van der Waals surface area (Å²) in [5.74, 6) is 5.43. The second kappa shape index (κ2) is 6.67. The Bertz CT molecular complexity index is 182. The van der Waals surface area contributed by atoms with Crippen LogP contribution in [0.25, 0.3) is 0 Å². The van der Waals surface area contributed by atoms with Gasteiger partial charge in [0, 0.05) is 0 Å². The van der Waals surface area contributed by atoms with Crippen LogP contribution in [0.1, 0.15) is 73.1 Å². The molecule has 2 saturated carbocycles.